The van der Waals surface area contributed by atoms with Gasteiger partial charge in [-0.1, -0.05) is 32.9 Å². The van der Waals surface area contributed by atoms with Crippen LogP contribution in [0.3, 0.4) is 0 Å². The third-order valence-electron chi connectivity index (χ3n) is 3.70. The van der Waals surface area contributed by atoms with E-state index < -0.39 is 0 Å². The molecule has 0 aliphatic heterocycles. The summed E-state index contributed by atoms with van der Waals surface area (Å²) in [7, 11) is 0. The highest BCUT2D eigenvalue weighted by Crippen LogP contribution is 2.31. The molecule has 3 heteroatoms. The standard InChI is InChI=1S/C17H20INO/c1-4-17(2,3)12-5-8-14(9-6-12)20-16-10-7-13(19)11-15(16)18/h5-11H,4,19H2,1-3H3. The van der Waals surface area contributed by atoms with Gasteiger partial charge in [0.25, 0.3) is 0 Å². The van der Waals surface area contributed by atoms with Crippen LogP contribution < -0.4 is 10.5 Å². The van der Waals surface area contributed by atoms with Crippen molar-refractivity contribution in [3.05, 3.63) is 51.6 Å². The van der Waals surface area contributed by atoms with Crippen LogP contribution in [0.4, 0.5) is 5.69 Å². The first kappa shape index (κ1) is 15.2. The SMILES string of the molecule is CCC(C)(C)c1ccc(Oc2ccc(N)cc2I)cc1. The summed E-state index contributed by atoms with van der Waals surface area (Å²) in [6, 6.07) is 14.0. The van der Waals surface area contributed by atoms with Crippen LogP contribution in [0.5, 0.6) is 11.5 Å². The van der Waals surface area contributed by atoms with Gasteiger partial charge in [-0.3, -0.25) is 0 Å². The van der Waals surface area contributed by atoms with Crippen molar-refractivity contribution in [2.75, 3.05) is 5.73 Å². The van der Waals surface area contributed by atoms with Crippen molar-refractivity contribution in [2.45, 2.75) is 32.6 Å². The molecule has 2 aromatic rings. The minimum atomic E-state index is 0.203. The predicted molar refractivity (Wildman–Crippen MR) is 93.4 cm³/mol. The van der Waals surface area contributed by atoms with Gasteiger partial charge in [0.2, 0.25) is 0 Å². The molecule has 0 bridgehead atoms. The Morgan fingerprint density at radius 1 is 1.10 bits per heavy atom. The molecule has 0 spiro atoms. The van der Waals surface area contributed by atoms with Gasteiger partial charge in [0.15, 0.2) is 0 Å². The first-order valence-corrected chi connectivity index (χ1v) is 7.83. The monoisotopic (exact) mass is 381 g/mol. The largest absolute Gasteiger partial charge is 0.456 e. The van der Waals surface area contributed by atoms with E-state index in [1.165, 1.54) is 5.56 Å². The molecular formula is C17H20INO. The molecule has 0 saturated carbocycles. The first-order chi connectivity index (χ1) is 9.42. The zero-order chi connectivity index (χ0) is 14.8. The second kappa shape index (κ2) is 6.04. The van der Waals surface area contributed by atoms with E-state index in [9.17, 15) is 0 Å². The molecule has 0 heterocycles. The highest BCUT2D eigenvalue weighted by molar-refractivity contribution is 14.1. The second-order valence-electron chi connectivity index (χ2n) is 5.55. The van der Waals surface area contributed by atoms with Crippen molar-refractivity contribution >= 4 is 28.3 Å². The lowest BCUT2D eigenvalue weighted by atomic mass is 9.82. The number of nitrogen functional groups attached to an aromatic ring is 1. The summed E-state index contributed by atoms with van der Waals surface area (Å²) in [5, 5.41) is 0. The average molecular weight is 381 g/mol. The molecule has 0 atom stereocenters. The molecule has 2 N–H and O–H groups in total. The Balaban J connectivity index is 2.19. The van der Waals surface area contributed by atoms with Crippen LogP contribution >= 0.6 is 22.6 Å². The van der Waals surface area contributed by atoms with E-state index in [0.717, 1.165) is 27.2 Å². The van der Waals surface area contributed by atoms with E-state index in [0.29, 0.717) is 0 Å². The summed E-state index contributed by atoms with van der Waals surface area (Å²) in [4.78, 5) is 0. The van der Waals surface area contributed by atoms with Crippen LogP contribution in [0.2, 0.25) is 0 Å². The first-order valence-electron chi connectivity index (χ1n) is 6.76. The van der Waals surface area contributed by atoms with Gasteiger partial charge < -0.3 is 10.5 Å². The highest BCUT2D eigenvalue weighted by Gasteiger charge is 2.17. The number of halogens is 1. The lowest BCUT2D eigenvalue weighted by Gasteiger charge is -2.23. The van der Waals surface area contributed by atoms with Gasteiger partial charge in [-0.05, 0) is 70.3 Å². The lowest BCUT2D eigenvalue weighted by Crippen LogP contribution is -2.14. The molecule has 2 nitrogen and oxygen atoms in total. The smallest absolute Gasteiger partial charge is 0.140 e. The zero-order valence-corrected chi connectivity index (χ0v) is 14.3. The summed E-state index contributed by atoms with van der Waals surface area (Å²) in [5.74, 6) is 1.69. The quantitative estimate of drug-likeness (QED) is 0.572. The molecule has 106 valence electrons. The molecule has 0 unspecified atom stereocenters. The third-order valence-corrected chi connectivity index (χ3v) is 4.55. The van der Waals surface area contributed by atoms with Crippen molar-refractivity contribution in [2.24, 2.45) is 0 Å². The Morgan fingerprint density at radius 2 is 1.75 bits per heavy atom. The highest BCUT2D eigenvalue weighted by atomic mass is 127. The molecule has 2 aromatic carbocycles. The van der Waals surface area contributed by atoms with Crippen LogP contribution in [0, 0.1) is 3.57 Å². The average Bonchev–Trinajstić information content (AvgIpc) is 2.42. The Kier molecular flexibility index (Phi) is 4.58. The summed E-state index contributed by atoms with van der Waals surface area (Å²) in [6.45, 7) is 6.72. The van der Waals surface area contributed by atoms with E-state index in [2.05, 4.69) is 55.5 Å². The molecule has 0 radical (unpaired) electrons. The van der Waals surface area contributed by atoms with Crippen LogP contribution in [-0.2, 0) is 5.41 Å². The molecule has 0 saturated heterocycles. The van der Waals surface area contributed by atoms with Crippen molar-refractivity contribution < 1.29 is 4.74 Å². The number of nitrogens with two attached hydrogens (primary N) is 1. The minimum absolute atomic E-state index is 0.203. The van der Waals surface area contributed by atoms with E-state index in [1.807, 2.05) is 30.3 Å². The summed E-state index contributed by atoms with van der Waals surface area (Å²) < 4.78 is 6.92. The van der Waals surface area contributed by atoms with Crippen LogP contribution in [0.1, 0.15) is 32.8 Å². The Hall–Kier alpha value is -1.23. The van der Waals surface area contributed by atoms with Crippen molar-refractivity contribution in [1.82, 2.24) is 0 Å². The number of benzene rings is 2. The molecular weight excluding hydrogens is 361 g/mol. The fourth-order valence-corrected chi connectivity index (χ4v) is 2.55. The normalized spacial score (nSPS) is 11.4. The molecule has 0 aliphatic rings. The van der Waals surface area contributed by atoms with E-state index in [1.54, 1.807) is 0 Å². The zero-order valence-electron chi connectivity index (χ0n) is 12.1. The second-order valence-corrected chi connectivity index (χ2v) is 6.72. The van der Waals surface area contributed by atoms with Crippen LogP contribution in [0.25, 0.3) is 0 Å². The van der Waals surface area contributed by atoms with E-state index in [-0.39, 0.29) is 5.41 Å². The third kappa shape index (κ3) is 3.45. The minimum Gasteiger partial charge on any atom is -0.456 e. The topological polar surface area (TPSA) is 35.2 Å². The molecule has 0 aromatic heterocycles. The molecule has 0 amide bonds. The Labute approximate surface area is 134 Å². The molecule has 0 aliphatic carbocycles. The van der Waals surface area contributed by atoms with Gasteiger partial charge >= 0.3 is 0 Å². The molecule has 0 fully saturated rings. The summed E-state index contributed by atoms with van der Waals surface area (Å²) >= 11 is 2.23. The van der Waals surface area contributed by atoms with Gasteiger partial charge in [-0.25, -0.2) is 0 Å². The van der Waals surface area contributed by atoms with Gasteiger partial charge in [-0.2, -0.15) is 0 Å². The summed E-state index contributed by atoms with van der Waals surface area (Å²) in [5.41, 5.74) is 8.03. The number of anilines is 1. The lowest BCUT2D eigenvalue weighted by molar-refractivity contribution is 0.475. The van der Waals surface area contributed by atoms with Gasteiger partial charge in [0.05, 0.1) is 3.57 Å². The van der Waals surface area contributed by atoms with Gasteiger partial charge in [0, 0.05) is 5.69 Å². The molecule has 2 rings (SSSR count). The molecule has 20 heavy (non-hydrogen) atoms. The van der Waals surface area contributed by atoms with Gasteiger partial charge in [-0.15, -0.1) is 0 Å². The van der Waals surface area contributed by atoms with E-state index >= 15 is 0 Å². The number of hydrogen-bond acceptors (Lipinski definition) is 2. The maximum Gasteiger partial charge on any atom is 0.140 e. The fraction of sp³-hybridized carbons (Fsp3) is 0.294. The van der Waals surface area contributed by atoms with Crippen molar-refractivity contribution in [3.63, 3.8) is 0 Å². The fourth-order valence-electron chi connectivity index (χ4n) is 1.91. The van der Waals surface area contributed by atoms with E-state index in [4.69, 9.17) is 10.5 Å². The van der Waals surface area contributed by atoms with Crippen molar-refractivity contribution in [3.8, 4) is 11.5 Å². The maximum absolute atomic E-state index is 5.90. The van der Waals surface area contributed by atoms with Crippen molar-refractivity contribution in [1.29, 1.82) is 0 Å². The number of ether oxygens (including phenoxy) is 1. The van der Waals surface area contributed by atoms with Crippen LogP contribution in [0.15, 0.2) is 42.5 Å². The maximum atomic E-state index is 5.90. The Bertz CT molecular complexity index is 590. The van der Waals surface area contributed by atoms with Crippen LogP contribution in [-0.4, -0.2) is 0 Å². The predicted octanol–water partition coefficient (Wildman–Crippen LogP) is 5.35. The summed E-state index contributed by atoms with van der Waals surface area (Å²) in [6.07, 6.45) is 1.11. The number of rotatable bonds is 4. The number of hydrogen-bond donors (Lipinski definition) is 1. The Morgan fingerprint density at radius 3 is 2.30 bits per heavy atom. The van der Waals surface area contributed by atoms with Gasteiger partial charge in [0.1, 0.15) is 11.5 Å².